The molecule has 4 nitrogen and oxygen atoms in total. The average molecular weight is 386 g/mol. The van der Waals surface area contributed by atoms with Crippen LogP contribution in [0.2, 0.25) is 0 Å². The molecule has 0 radical (unpaired) electrons. The van der Waals surface area contributed by atoms with Crippen molar-refractivity contribution in [2.24, 2.45) is 0 Å². The second-order valence-corrected chi connectivity index (χ2v) is 8.54. The van der Waals surface area contributed by atoms with Crippen LogP contribution in [0.1, 0.15) is 42.2 Å². The van der Waals surface area contributed by atoms with Crippen LogP contribution in [0.4, 0.5) is 5.69 Å². The van der Waals surface area contributed by atoms with Gasteiger partial charge in [-0.1, -0.05) is 43.8 Å². The number of benzene rings is 1. The zero-order valence-corrected chi connectivity index (χ0v) is 17.1. The van der Waals surface area contributed by atoms with Crippen LogP contribution in [0.25, 0.3) is 10.2 Å². The summed E-state index contributed by atoms with van der Waals surface area (Å²) in [5.74, 6) is 0.731. The first-order valence-electron chi connectivity index (χ1n) is 8.73. The van der Waals surface area contributed by atoms with E-state index in [1.165, 1.54) is 27.8 Å². The molecular weight excluding hydrogens is 362 g/mol. The lowest BCUT2D eigenvalue weighted by Gasteiger charge is -2.15. The number of thiophene rings is 1. The van der Waals surface area contributed by atoms with Crippen molar-refractivity contribution in [3.05, 3.63) is 46.6 Å². The van der Waals surface area contributed by atoms with Gasteiger partial charge in [-0.05, 0) is 43.4 Å². The van der Waals surface area contributed by atoms with Crippen molar-refractivity contribution >= 4 is 44.9 Å². The number of amides is 1. The fourth-order valence-electron chi connectivity index (χ4n) is 2.84. The van der Waals surface area contributed by atoms with E-state index in [-0.39, 0.29) is 5.91 Å². The number of para-hydroxylation sites is 1. The third kappa shape index (κ3) is 3.91. The van der Waals surface area contributed by atoms with Crippen molar-refractivity contribution in [1.29, 1.82) is 0 Å². The van der Waals surface area contributed by atoms with Crippen LogP contribution in [0.3, 0.4) is 0 Å². The topological polar surface area (TPSA) is 54.9 Å². The molecule has 2 aromatic heterocycles. The molecule has 2 heterocycles. The SMILES string of the molecule is CC[C@@H](C)c1ccccc1NC(=O)CSc1ncnc2sc(C)c(C)c12. The van der Waals surface area contributed by atoms with Crippen LogP contribution >= 0.6 is 23.1 Å². The van der Waals surface area contributed by atoms with E-state index in [9.17, 15) is 4.79 Å². The van der Waals surface area contributed by atoms with Gasteiger partial charge in [-0.2, -0.15) is 0 Å². The van der Waals surface area contributed by atoms with E-state index in [0.717, 1.165) is 27.4 Å². The summed E-state index contributed by atoms with van der Waals surface area (Å²) in [4.78, 5) is 23.5. The number of nitrogens with one attached hydrogen (secondary N) is 1. The summed E-state index contributed by atoms with van der Waals surface area (Å²) >= 11 is 3.14. The maximum Gasteiger partial charge on any atom is 0.234 e. The van der Waals surface area contributed by atoms with Crippen molar-refractivity contribution in [1.82, 2.24) is 9.97 Å². The van der Waals surface area contributed by atoms with Gasteiger partial charge < -0.3 is 5.32 Å². The molecule has 26 heavy (non-hydrogen) atoms. The number of thioether (sulfide) groups is 1. The van der Waals surface area contributed by atoms with Gasteiger partial charge in [0, 0.05) is 16.0 Å². The number of fused-ring (bicyclic) bond motifs is 1. The summed E-state index contributed by atoms with van der Waals surface area (Å²) in [5, 5.41) is 5.02. The van der Waals surface area contributed by atoms with Gasteiger partial charge in [-0.15, -0.1) is 11.3 Å². The quantitative estimate of drug-likeness (QED) is 0.446. The molecule has 1 N–H and O–H groups in total. The Kier molecular flexibility index (Phi) is 5.94. The summed E-state index contributed by atoms with van der Waals surface area (Å²) in [6.45, 7) is 8.52. The molecule has 6 heteroatoms. The van der Waals surface area contributed by atoms with E-state index in [2.05, 4.69) is 49.0 Å². The van der Waals surface area contributed by atoms with Crippen LogP contribution in [0.5, 0.6) is 0 Å². The van der Waals surface area contributed by atoms with Crippen LogP contribution in [-0.4, -0.2) is 21.6 Å². The lowest BCUT2D eigenvalue weighted by atomic mass is 9.97. The molecule has 1 atom stereocenters. The predicted octanol–water partition coefficient (Wildman–Crippen LogP) is 5.55. The molecule has 0 unspecified atom stereocenters. The highest BCUT2D eigenvalue weighted by Gasteiger charge is 2.15. The normalized spacial score (nSPS) is 12.3. The molecule has 136 valence electrons. The van der Waals surface area contributed by atoms with Gasteiger partial charge in [0.2, 0.25) is 5.91 Å². The molecule has 3 aromatic rings. The van der Waals surface area contributed by atoms with E-state index in [1.54, 1.807) is 17.7 Å². The molecule has 0 saturated carbocycles. The van der Waals surface area contributed by atoms with Gasteiger partial charge in [0.15, 0.2) is 0 Å². The van der Waals surface area contributed by atoms with Gasteiger partial charge >= 0.3 is 0 Å². The third-order valence-corrected chi connectivity index (χ3v) is 6.75. The monoisotopic (exact) mass is 385 g/mol. The average Bonchev–Trinajstić information content (AvgIpc) is 2.94. The summed E-state index contributed by atoms with van der Waals surface area (Å²) < 4.78 is 0. The second-order valence-electron chi connectivity index (χ2n) is 6.38. The fraction of sp³-hybridized carbons (Fsp3) is 0.350. The number of hydrogen-bond donors (Lipinski definition) is 1. The Labute approximate surface area is 162 Å². The standard InChI is InChI=1S/C20H23N3OS2/c1-5-12(2)15-8-6-7-9-16(15)23-17(24)10-25-19-18-13(3)14(4)26-20(18)22-11-21-19/h6-9,11-12H,5,10H2,1-4H3,(H,23,24)/t12-/m1/s1. The summed E-state index contributed by atoms with van der Waals surface area (Å²) in [5.41, 5.74) is 3.29. The summed E-state index contributed by atoms with van der Waals surface area (Å²) in [7, 11) is 0. The van der Waals surface area contributed by atoms with Crippen molar-refractivity contribution in [2.45, 2.75) is 45.1 Å². The van der Waals surface area contributed by atoms with E-state index in [1.807, 2.05) is 18.2 Å². The first kappa shape index (κ1) is 18.9. The number of anilines is 1. The minimum atomic E-state index is -0.0119. The van der Waals surface area contributed by atoms with Crippen LogP contribution in [0.15, 0.2) is 35.6 Å². The number of nitrogens with zero attached hydrogens (tertiary/aromatic N) is 2. The minimum Gasteiger partial charge on any atom is -0.325 e. The number of aryl methyl sites for hydroxylation is 2. The van der Waals surface area contributed by atoms with Crippen LogP contribution in [-0.2, 0) is 4.79 Å². The van der Waals surface area contributed by atoms with E-state index >= 15 is 0 Å². The predicted molar refractivity (Wildman–Crippen MR) is 111 cm³/mol. The Hall–Kier alpha value is -1.92. The molecule has 0 aliphatic rings. The van der Waals surface area contributed by atoms with Crippen LogP contribution < -0.4 is 5.32 Å². The number of rotatable bonds is 6. The Morgan fingerprint density at radius 3 is 2.81 bits per heavy atom. The highest BCUT2D eigenvalue weighted by Crippen LogP contribution is 2.34. The maximum atomic E-state index is 12.5. The molecule has 0 saturated heterocycles. The van der Waals surface area contributed by atoms with Crippen molar-refractivity contribution in [2.75, 3.05) is 11.1 Å². The molecule has 0 spiro atoms. The minimum absolute atomic E-state index is 0.0119. The van der Waals surface area contributed by atoms with Gasteiger partial charge in [0.05, 0.1) is 5.75 Å². The van der Waals surface area contributed by atoms with Gasteiger partial charge in [-0.3, -0.25) is 4.79 Å². The van der Waals surface area contributed by atoms with Gasteiger partial charge in [0.25, 0.3) is 0 Å². The number of aromatic nitrogens is 2. The molecule has 0 aliphatic carbocycles. The summed E-state index contributed by atoms with van der Waals surface area (Å²) in [6, 6.07) is 8.03. The molecular formula is C20H23N3OS2. The lowest BCUT2D eigenvalue weighted by molar-refractivity contribution is -0.113. The number of carbonyl (C=O) groups is 1. The highest BCUT2D eigenvalue weighted by molar-refractivity contribution is 8.00. The van der Waals surface area contributed by atoms with Gasteiger partial charge in [0.1, 0.15) is 16.2 Å². The number of hydrogen-bond acceptors (Lipinski definition) is 5. The molecule has 0 fully saturated rings. The van der Waals surface area contributed by atoms with Crippen molar-refractivity contribution in [3.63, 3.8) is 0 Å². The Morgan fingerprint density at radius 1 is 1.27 bits per heavy atom. The molecule has 0 bridgehead atoms. The lowest BCUT2D eigenvalue weighted by Crippen LogP contribution is -2.16. The Bertz CT molecular complexity index is 936. The fourth-order valence-corrected chi connectivity index (χ4v) is 4.76. The molecule has 1 amide bonds. The van der Waals surface area contributed by atoms with Crippen LogP contribution in [0, 0.1) is 13.8 Å². The number of carbonyl (C=O) groups excluding carboxylic acids is 1. The summed E-state index contributed by atoms with van der Waals surface area (Å²) in [6.07, 6.45) is 2.62. The molecule has 3 rings (SSSR count). The zero-order valence-electron chi connectivity index (χ0n) is 15.5. The van der Waals surface area contributed by atoms with E-state index in [0.29, 0.717) is 11.7 Å². The largest absolute Gasteiger partial charge is 0.325 e. The second kappa shape index (κ2) is 8.18. The van der Waals surface area contributed by atoms with Crippen molar-refractivity contribution in [3.8, 4) is 0 Å². The first-order valence-corrected chi connectivity index (χ1v) is 10.5. The van der Waals surface area contributed by atoms with Gasteiger partial charge in [-0.25, -0.2) is 9.97 Å². The Morgan fingerprint density at radius 2 is 2.04 bits per heavy atom. The van der Waals surface area contributed by atoms with E-state index < -0.39 is 0 Å². The Balaban J connectivity index is 1.73. The maximum absolute atomic E-state index is 12.5. The van der Waals surface area contributed by atoms with Crippen molar-refractivity contribution < 1.29 is 4.79 Å². The third-order valence-electron chi connectivity index (χ3n) is 4.65. The highest BCUT2D eigenvalue weighted by atomic mass is 32.2. The first-order chi connectivity index (χ1) is 12.5. The zero-order chi connectivity index (χ0) is 18.7. The smallest absolute Gasteiger partial charge is 0.234 e. The molecule has 0 aliphatic heterocycles. The molecule has 1 aromatic carbocycles. The van der Waals surface area contributed by atoms with E-state index in [4.69, 9.17) is 0 Å².